The summed E-state index contributed by atoms with van der Waals surface area (Å²) in [6.45, 7) is 2.07. The minimum absolute atomic E-state index is 0.103. The van der Waals surface area contributed by atoms with Gasteiger partial charge in [0.1, 0.15) is 17.4 Å². The van der Waals surface area contributed by atoms with Crippen LogP contribution in [0.5, 0.6) is 5.75 Å². The van der Waals surface area contributed by atoms with E-state index in [4.69, 9.17) is 9.47 Å². The first kappa shape index (κ1) is 14.5. The Bertz CT molecular complexity index is 747. The molecule has 0 unspecified atom stereocenters. The van der Waals surface area contributed by atoms with Crippen molar-refractivity contribution in [2.75, 3.05) is 6.61 Å². The maximum absolute atomic E-state index is 11.7. The Morgan fingerprint density at radius 1 is 1.14 bits per heavy atom. The molecule has 0 bridgehead atoms. The quantitative estimate of drug-likeness (QED) is 0.673. The molecule has 0 aliphatic carbocycles. The van der Waals surface area contributed by atoms with Gasteiger partial charge in [-0.2, -0.15) is 0 Å². The second kappa shape index (κ2) is 6.58. The predicted octanol–water partition coefficient (Wildman–Crippen LogP) is 3.73. The number of hydrogen-bond donors (Lipinski definition) is 0. The second-order valence-electron chi connectivity index (χ2n) is 4.84. The number of aromatic nitrogens is 1. The van der Waals surface area contributed by atoms with E-state index in [1.54, 1.807) is 0 Å². The van der Waals surface area contributed by atoms with Crippen LogP contribution in [0.4, 0.5) is 0 Å². The second-order valence-corrected chi connectivity index (χ2v) is 5.95. The molecule has 3 aromatic rings. The van der Waals surface area contributed by atoms with Gasteiger partial charge in [0, 0.05) is 0 Å². The molecule has 4 nitrogen and oxygen atoms in total. The maximum Gasteiger partial charge on any atom is 0.344 e. The molecule has 0 saturated carbocycles. The Morgan fingerprint density at radius 2 is 1.91 bits per heavy atom. The normalized spacial score (nSPS) is 10.6. The summed E-state index contributed by atoms with van der Waals surface area (Å²) >= 11 is 1.53. The number of esters is 1. The van der Waals surface area contributed by atoms with E-state index in [0.717, 1.165) is 20.8 Å². The molecule has 0 saturated heterocycles. The molecule has 2 aromatic carbocycles. The van der Waals surface area contributed by atoms with Gasteiger partial charge >= 0.3 is 5.97 Å². The summed E-state index contributed by atoms with van der Waals surface area (Å²) in [5.74, 6) is 0.252. The number of para-hydroxylation sites is 1. The highest BCUT2D eigenvalue weighted by Gasteiger charge is 2.08. The summed E-state index contributed by atoms with van der Waals surface area (Å²) in [6, 6.07) is 15.4. The molecule has 1 aromatic heterocycles. The number of rotatable bonds is 5. The van der Waals surface area contributed by atoms with Crippen molar-refractivity contribution in [1.82, 2.24) is 4.98 Å². The van der Waals surface area contributed by atoms with Gasteiger partial charge in [0.15, 0.2) is 6.61 Å². The van der Waals surface area contributed by atoms with Gasteiger partial charge in [-0.05, 0) is 31.2 Å². The molecule has 0 aliphatic rings. The minimum atomic E-state index is -0.403. The van der Waals surface area contributed by atoms with Crippen LogP contribution in [-0.4, -0.2) is 17.6 Å². The maximum atomic E-state index is 11.7. The first-order valence-corrected chi connectivity index (χ1v) is 7.72. The molecule has 3 rings (SSSR count). The van der Waals surface area contributed by atoms with E-state index >= 15 is 0 Å². The number of benzene rings is 2. The largest absolute Gasteiger partial charge is 0.482 e. The zero-order chi connectivity index (χ0) is 15.4. The van der Waals surface area contributed by atoms with Crippen LogP contribution in [0.15, 0.2) is 48.5 Å². The molecule has 0 aliphatic heterocycles. The molecular formula is C17H15NO3S. The lowest BCUT2D eigenvalue weighted by Crippen LogP contribution is -2.14. The van der Waals surface area contributed by atoms with Crippen LogP contribution in [0.2, 0.25) is 0 Å². The number of carbonyl (C=O) groups is 1. The molecule has 0 atom stereocenters. The van der Waals surface area contributed by atoms with E-state index in [-0.39, 0.29) is 13.2 Å². The molecule has 0 N–H and O–H groups in total. The zero-order valence-corrected chi connectivity index (χ0v) is 12.9. The van der Waals surface area contributed by atoms with Gasteiger partial charge in [0.2, 0.25) is 0 Å². The average molecular weight is 313 g/mol. The number of fused-ring (bicyclic) bond motifs is 1. The van der Waals surface area contributed by atoms with Gasteiger partial charge in [-0.3, -0.25) is 0 Å². The van der Waals surface area contributed by atoms with Crippen LogP contribution in [0.1, 0.15) is 10.6 Å². The molecular weight excluding hydrogens is 298 g/mol. The van der Waals surface area contributed by atoms with E-state index in [1.165, 1.54) is 11.3 Å². The Kier molecular flexibility index (Phi) is 4.34. The van der Waals surface area contributed by atoms with Crippen molar-refractivity contribution in [2.45, 2.75) is 13.5 Å². The van der Waals surface area contributed by atoms with Gasteiger partial charge < -0.3 is 9.47 Å². The molecule has 112 valence electrons. The molecule has 5 heteroatoms. The number of thiazole rings is 1. The Hall–Kier alpha value is -2.40. The van der Waals surface area contributed by atoms with Crippen LogP contribution in [-0.2, 0) is 16.1 Å². The smallest absolute Gasteiger partial charge is 0.344 e. The van der Waals surface area contributed by atoms with Crippen LogP contribution in [0, 0.1) is 6.92 Å². The lowest BCUT2D eigenvalue weighted by molar-refractivity contribution is -0.147. The highest BCUT2D eigenvalue weighted by Crippen LogP contribution is 2.22. The van der Waals surface area contributed by atoms with Gasteiger partial charge in [0.25, 0.3) is 0 Å². The highest BCUT2D eigenvalue weighted by atomic mass is 32.1. The third kappa shape index (κ3) is 3.62. The summed E-state index contributed by atoms with van der Waals surface area (Å²) in [6.07, 6.45) is 0. The fourth-order valence-corrected chi connectivity index (χ4v) is 2.82. The molecule has 0 fully saturated rings. The molecule has 0 spiro atoms. The Labute approximate surface area is 132 Å². The van der Waals surface area contributed by atoms with Crippen LogP contribution in [0.25, 0.3) is 10.2 Å². The fraction of sp³-hybridized carbons (Fsp3) is 0.176. The monoisotopic (exact) mass is 313 g/mol. The zero-order valence-electron chi connectivity index (χ0n) is 12.1. The minimum Gasteiger partial charge on any atom is -0.482 e. The third-order valence-electron chi connectivity index (χ3n) is 3.07. The van der Waals surface area contributed by atoms with E-state index < -0.39 is 5.97 Å². The summed E-state index contributed by atoms with van der Waals surface area (Å²) in [4.78, 5) is 16.1. The van der Waals surface area contributed by atoms with Crippen molar-refractivity contribution < 1.29 is 14.3 Å². The first-order valence-electron chi connectivity index (χ1n) is 6.90. The number of carbonyl (C=O) groups excluding carboxylic acids is 1. The first-order chi connectivity index (χ1) is 10.7. The van der Waals surface area contributed by atoms with Gasteiger partial charge in [0.05, 0.1) is 10.2 Å². The van der Waals surface area contributed by atoms with E-state index in [9.17, 15) is 4.79 Å². The standard InChI is InChI=1S/C17H15NO3S/c1-12-6-8-13(9-7-12)20-11-17(19)21-10-16-18-14-4-2-3-5-15(14)22-16/h2-9H,10-11H2,1H3. The van der Waals surface area contributed by atoms with E-state index in [2.05, 4.69) is 4.98 Å². The van der Waals surface area contributed by atoms with Crippen LogP contribution in [0.3, 0.4) is 0 Å². The predicted molar refractivity (Wildman–Crippen MR) is 86.1 cm³/mol. The van der Waals surface area contributed by atoms with Crippen molar-refractivity contribution >= 4 is 27.5 Å². The van der Waals surface area contributed by atoms with Crippen molar-refractivity contribution in [1.29, 1.82) is 0 Å². The van der Waals surface area contributed by atoms with Gasteiger partial charge in [-0.15, -0.1) is 11.3 Å². The number of aryl methyl sites for hydroxylation is 1. The van der Waals surface area contributed by atoms with Crippen molar-refractivity contribution in [3.05, 3.63) is 59.1 Å². The summed E-state index contributed by atoms with van der Waals surface area (Å²) in [5.41, 5.74) is 2.07. The molecule has 0 amide bonds. The summed E-state index contributed by atoms with van der Waals surface area (Å²) < 4.78 is 11.7. The molecule has 0 radical (unpaired) electrons. The lowest BCUT2D eigenvalue weighted by Gasteiger charge is -2.06. The number of hydrogen-bond acceptors (Lipinski definition) is 5. The van der Waals surface area contributed by atoms with E-state index in [0.29, 0.717) is 5.75 Å². The lowest BCUT2D eigenvalue weighted by atomic mass is 10.2. The van der Waals surface area contributed by atoms with E-state index in [1.807, 2.05) is 55.5 Å². The molecule has 22 heavy (non-hydrogen) atoms. The fourth-order valence-electron chi connectivity index (χ4n) is 1.94. The number of nitrogens with zero attached hydrogens (tertiary/aromatic N) is 1. The SMILES string of the molecule is Cc1ccc(OCC(=O)OCc2nc3ccccc3s2)cc1. The van der Waals surface area contributed by atoms with Crippen molar-refractivity contribution in [2.24, 2.45) is 0 Å². The average Bonchev–Trinajstić information content (AvgIpc) is 2.95. The Morgan fingerprint density at radius 3 is 2.68 bits per heavy atom. The van der Waals surface area contributed by atoms with Crippen LogP contribution >= 0.6 is 11.3 Å². The topological polar surface area (TPSA) is 48.4 Å². The highest BCUT2D eigenvalue weighted by molar-refractivity contribution is 7.18. The van der Waals surface area contributed by atoms with Crippen molar-refractivity contribution in [3.63, 3.8) is 0 Å². The third-order valence-corrected chi connectivity index (χ3v) is 4.08. The summed E-state index contributed by atoms with van der Waals surface area (Å²) in [5, 5.41) is 0.782. The van der Waals surface area contributed by atoms with Crippen molar-refractivity contribution in [3.8, 4) is 5.75 Å². The Balaban J connectivity index is 1.50. The molecule has 1 heterocycles. The van der Waals surface area contributed by atoms with Gasteiger partial charge in [-0.1, -0.05) is 29.8 Å². The number of ether oxygens (including phenoxy) is 2. The van der Waals surface area contributed by atoms with Crippen LogP contribution < -0.4 is 4.74 Å². The summed E-state index contributed by atoms with van der Waals surface area (Å²) in [7, 11) is 0. The van der Waals surface area contributed by atoms with Gasteiger partial charge in [-0.25, -0.2) is 9.78 Å².